The van der Waals surface area contributed by atoms with Gasteiger partial charge in [-0.1, -0.05) is 24.3 Å². The number of benzene rings is 2. The molecule has 3 aromatic rings. The fraction of sp³-hybridized carbons (Fsp3) is 0.414. The minimum atomic E-state index is -3.66. The second kappa shape index (κ2) is 10.0. The first-order chi connectivity index (χ1) is 18.8. The molecule has 0 radical (unpaired) electrons. The van der Waals surface area contributed by atoms with E-state index < -0.39 is 21.6 Å². The highest BCUT2D eigenvalue weighted by molar-refractivity contribution is 7.89. The third-order valence-electron chi connectivity index (χ3n) is 7.92. The SMILES string of the molecule is CCOC(=O)c1cnc2cc(-c3ccc(S(=O)(=O)N4CCC5(CC4)CN(C4CC4)C(=O)CO5)cc3)ccc2c1. The Bertz CT molecular complexity index is 1530. The normalized spacial score (nSPS) is 19.9. The number of pyridine rings is 1. The summed E-state index contributed by atoms with van der Waals surface area (Å²) in [6.07, 6.45) is 4.74. The van der Waals surface area contributed by atoms with Crippen molar-refractivity contribution in [2.45, 2.75) is 49.1 Å². The lowest BCUT2D eigenvalue weighted by molar-refractivity contribution is -0.170. The topological polar surface area (TPSA) is 106 Å². The van der Waals surface area contributed by atoms with E-state index in [4.69, 9.17) is 9.47 Å². The molecule has 3 fully saturated rings. The smallest absolute Gasteiger partial charge is 0.339 e. The predicted octanol–water partition coefficient (Wildman–Crippen LogP) is 3.62. The maximum absolute atomic E-state index is 13.4. The highest BCUT2D eigenvalue weighted by Gasteiger charge is 2.47. The molecule has 1 aliphatic carbocycles. The van der Waals surface area contributed by atoms with Crippen LogP contribution in [0.2, 0.25) is 0 Å². The van der Waals surface area contributed by atoms with Gasteiger partial charge in [0, 0.05) is 30.7 Å². The van der Waals surface area contributed by atoms with Crippen molar-refractivity contribution >= 4 is 32.8 Å². The van der Waals surface area contributed by atoms with Gasteiger partial charge in [0.1, 0.15) is 6.61 Å². The van der Waals surface area contributed by atoms with Crippen LogP contribution in [-0.2, 0) is 24.3 Å². The van der Waals surface area contributed by atoms with Crippen LogP contribution >= 0.6 is 0 Å². The molecule has 0 atom stereocenters. The molecule has 3 aliphatic rings. The van der Waals surface area contributed by atoms with Crippen LogP contribution in [0.3, 0.4) is 0 Å². The van der Waals surface area contributed by atoms with Crippen molar-refractivity contribution in [1.29, 1.82) is 0 Å². The van der Waals surface area contributed by atoms with Crippen LogP contribution in [0.25, 0.3) is 22.0 Å². The van der Waals surface area contributed by atoms with Gasteiger partial charge in [-0.05, 0) is 68.0 Å². The Balaban J connectivity index is 1.14. The summed E-state index contributed by atoms with van der Waals surface area (Å²) in [5.41, 5.74) is 2.44. The molecule has 1 spiro atoms. The lowest BCUT2D eigenvalue weighted by atomic mass is 9.90. The molecule has 3 heterocycles. The summed E-state index contributed by atoms with van der Waals surface area (Å²) in [6, 6.07) is 14.7. The molecule has 0 N–H and O–H groups in total. The second-order valence-corrected chi connectivity index (χ2v) is 12.4. The number of sulfonamides is 1. The molecule has 2 aromatic carbocycles. The maximum Gasteiger partial charge on any atom is 0.339 e. The Morgan fingerprint density at radius 2 is 1.79 bits per heavy atom. The molecule has 0 bridgehead atoms. The number of carbonyl (C=O) groups excluding carboxylic acids is 2. The predicted molar refractivity (Wildman–Crippen MR) is 145 cm³/mol. The number of esters is 1. The van der Waals surface area contributed by atoms with Gasteiger partial charge in [-0.25, -0.2) is 13.2 Å². The summed E-state index contributed by atoms with van der Waals surface area (Å²) in [4.78, 5) is 30.8. The number of hydrogen-bond donors (Lipinski definition) is 0. The number of rotatable bonds is 6. The average Bonchev–Trinajstić information content (AvgIpc) is 3.80. The van der Waals surface area contributed by atoms with Crippen molar-refractivity contribution in [3.05, 3.63) is 60.3 Å². The van der Waals surface area contributed by atoms with E-state index in [1.165, 1.54) is 10.5 Å². The standard InChI is InChI=1S/C29H31N3O6S/c1-2-37-28(34)23-15-22-4-3-21(16-26(22)30-17-23)20-5-9-25(10-6-20)39(35,36)31-13-11-29(12-14-31)19-32(24-7-8-24)27(33)18-38-29/h3-6,9-10,15-17,24H,2,7-8,11-14,18-19H2,1H3. The zero-order valence-electron chi connectivity index (χ0n) is 21.8. The molecule has 1 saturated carbocycles. The first-order valence-electron chi connectivity index (χ1n) is 13.4. The molecular formula is C29H31N3O6S. The zero-order chi connectivity index (χ0) is 27.2. The number of ether oxygens (including phenoxy) is 2. The monoisotopic (exact) mass is 549 g/mol. The Kier molecular flexibility index (Phi) is 6.65. The van der Waals surface area contributed by atoms with Gasteiger partial charge < -0.3 is 14.4 Å². The molecular weight excluding hydrogens is 518 g/mol. The van der Waals surface area contributed by atoms with Gasteiger partial charge in [0.15, 0.2) is 0 Å². The van der Waals surface area contributed by atoms with Gasteiger partial charge in [-0.3, -0.25) is 9.78 Å². The van der Waals surface area contributed by atoms with Crippen molar-refractivity contribution in [2.75, 3.05) is 32.8 Å². The number of hydrogen-bond acceptors (Lipinski definition) is 7. The van der Waals surface area contributed by atoms with E-state index in [9.17, 15) is 18.0 Å². The van der Waals surface area contributed by atoms with E-state index in [2.05, 4.69) is 4.98 Å². The molecule has 6 rings (SSSR count). The Morgan fingerprint density at radius 3 is 2.49 bits per heavy atom. The largest absolute Gasteiger partial charge is 0.462 e. The van der Waals surface area contributed by atoms with Crippen molar-refractivity contribution in [2.24, 2.45) is 0 Å². The number of morpholine rings is 1. The first kappa shape index (κ1) is 25.9. The van der Waals surface area contributed by atoms with Gasteiger partial charge in [0.05, 0.1) is 34.7 Å². The molecule has 1 amide bonds. The minimum Gasteiger partial charge on any atom is -0.462 e. The number of amides is 1. The van der Waals surface area contributed by atoms with Gasteiger partial charge in [0.2, 0.25) is 15.9 Å². The number of fused-ring (bicyclic) bond motifs is 1. The Hall–Kier alpha value is -3.34. The van der Waals surface area contributed by atoms with E-state index in [0.717, 1.165) is 34.9 Å². The summed E-state index contributed by atoms with van der Waals surface area (Å²) >= 11 is 0. The quantitative estimate of drug-likeness (QED) is 0.433. The molecule has 0 unspecified atom stereocenters. The second-order valence-electron chi connectivity index (χ2n) is 10.5. The van der Waals surface area contributed by atoms with Crippen LogP contribution in [0.5, 0.6) is 0 Å². The number of aromatic nitrogens is 1. The van der Waals surface area contributed by atoms with Gasteiger partial charge in [-0.2, -0.15) is 4.31 Å². The van der Waals surface area contributed by atoms with Crippen LogP contribution in [0.1, 0.15) is 43.0 Å². The van der Waals surface area contributed by atoms with Gasteiger partial charge in [-0.15, -0.1) is 0 Å². The van der Waals surface area contributed by atoms with Gasteiger partial charge >= 0.3 is 5.97 Å². The van der Waals surface area contributed by atoms with Crippen LogP contribution in [0, 0.1) is 0 Å². The summed E-state index contributed by atoms with van der Waals surface area (Å²) in [5, 5.41) is 0.818. The van der Waals surface area contributed by atoms with Crippen LogP contribution in [0.4, 0.5) is 0 Å². The summed E-state index contributed by atoms with van der Waals surface area (Å²) < 4.78 is 39.4. The molecule has 10 heteroatoms. The number of nitrogens with zero attached hydrogens (tertiary/aromatic N) is 3. The summed E-state index contributed by atoms with van der Waals surface area (Å²) in [7, 11) is -3.66. The fourth-order valence-electron chi connectivity index (χ4n) is 5.49. The average molecular weight is 550 g/mol. The van der Waals surface area contributed by atoms with Crippen molar-refractivity contribution in [3.63, 3.8) is 0 Å². The lowest BCUT2D eigenvalue weighted by Crippen LogP contribution is -2.59. The number of carbonyl (C=O) groups is 2. The fourth-order valence-corrected chi connectivity index (χ4v) is 6.93. The third kappa shape index (κ3) is 5.04. The highest BCUT2D eigenvalue weighted by atomic mass is 32.2. The molecule has 9 nitrogen and oxygen atoms in total. The first-order valence-corrected chi connectivity index (χ1v) is 14.8. The zero-order valence-corrected chi connectivity index (χ0v) is 22.7. The van der Waals surface area contributed by atoms with Crippen molar-refractivity contribution in [1.82, 2.24) is 14.2 Å². The molecule has 39 heavy (non-hydrogen) atoms. The third-order valence-corrected chi connectivity index (χ3v) is 9.84. The van der Waals surface area contributed by atoms with Crippen LogP contribution in [0.15, 0.2) is 59.6 Å². The van der Waals surface area contributed by atoms with E-state index >= 15 is 0 Å². The van der Waals surface area contributed by atoms with Crippen LogP contribution in [-0.4, -0.2) is 79.0 Å². The summed E-state index contributed by atoms with van der Waals surface area (Å²) in [6.45, 7) is 3.43. The lowest BCUT2D eigenvalue weighted by Gasteiger charge is -2.46. The van der Waals surface area contributed by atoms with E-state index in [1.807, 2.05) is 23.1 Å². The van der Waals surface area contributed by atoms with Gasteiger partial charge in [0.25, 0.3) is 0 Å². The molecule has 1 aromatic heterocycles. The van der Waals surface area contributed by atoms with Crippen molar-refractivity contribution in [3.8, 4) is 11.1 Å². The van der Waals surface area contributed by atoms with E-state index in [0.29, 0.717) is 50.7 Å². The highest BCUT2D eigenvalue weighted by Crippen LogP contribution is 2.37. The van der Waals surface area contributed by atoms with Crippen molar-refractivity contribution < 1.29 is 27.5 Å². The molecule has 204 valence electrons. The maximum atomic E-state index is 13.4. The molecule has 2 aliphatic heterocycles. The minimum absolute atomic E-state index is 0.0434. The Labute approximate surface area is 227 Å². The summed E-state index contributed by atoms with van der Waals surface area (Å²) in [5.74, 6) is -0.361. The molecule has 2 saturated heterocycles. The van der Waals surface area contributed by atoms with Crippen LogP contribution < -0.4 is 0 Å². The van der Waals surface area contributed by atoms with E-state index in [-0.39, 0.29) is 17.4 Å². The van der Waals surface area contributed by atoms with E-state index in [1.54, 1.807) is 37.3 Å². The Morgan fingerprint density at radius 1 is 1.08 bits per heavy atom. The number of piperidine rings is 1.